The summed E-state index contributed by atoms with van der Waals surface area (Å²) in [6.07, 6.45) is 1.14. The van der Waals surface area contributed by atoms with Gasteiger partial charge in [0.2, 0.25) is 10.0 Å². The SMILES string of the molecule is Cc1nc(C(=O)N2C[C@H]3[C@H](CNS(C)(=O)=O)CO[C@H]3C2)cs1. The molecule has 0 aliphatic carbocycles. The molecular formula is C13H19N3O4S2. The zero-order valence-corrected chi connectivity index (χ0v) is 14.1. The minimum absolute atomic E-state index is 0.00459. The predicted molar refractivity (Wildman–Crippen MR) is 82.3 cm³/mol. The van der Waals surface area contributed by atoms with Crippen LogP contribution in [-0.4, -0.2) is 62.8 Å². The van der Waals surface area contributed by atoms with Crippen molar-refractivity contribution in [3.05, 3.63) is 16.1 Å². The van der Waals surface area contributed by atoms with Gasteiger partial charge in [0.15, 0.2) is 0 Å². The van der Waals surface area contributed by atoms with Crippen molar-refractivity contribution >= 4 is 27.3 Å². The zero-order chi connectivity index (χ0) is 15.9. The Kier molecular flexibility index (Phi) is 4.23. The highest BCUT2D eigenvalue weighted by Crippen LogP contribution is 2.34. The molecule has 7 nitrogen and oxygen atoms in total. The van der Waals surface area contributed by atoms with Gasteiger partial charge in [-0.05, 0) is 6.92 Å². The number of carbonyl (C=O) groups excluding carboxylic acids is 1. The summed E-state index contributed by atoms with van der Waals surface area (Å²) in [6, 6.07) is 0. The third-order valence-electron chi connectivity index (χ3n) is 4.17. The number of aryl methyl sites for hydroxylation is 1. The van der Waals surface area contributed by atoms with E-state index in [0.717, 1.165) is 11.3 Å². The number of ether oxygens (including phenoxy) is 1. The Hall–Kier alpha value is -1.03. The molecule has 3 rings (SSSR count). The number of nitrogens with one attached hydrogen (secondary N) is 1. The molecule has 2 fully saturated rings. The molecule has 3 atom stereocenters. The van der Waals surface area contributed by atoms with Crippen molar-refractivity contribution in [3.63, 3.8) is 0 Å². The minimum atomic E-state index is -3.21. The smallest absolute Gasteiger partial charge is 0.273 e. The third kappa shape index (κ3) is 3.32. The standard InChI is InChI=1S/C13H19N3O4S2/c1-8-15-11(7-21-8)13(17)16-4-10-9(3-14-22(2,18)19)6-20-12(10)5-16/h7,9-10,12,14H,3-6H2,1-2H3/t9-,10+,12+/m1/s1. The van der Waals surface area contributed by atoms with Crippen LogP contribution >= 0.6 is 11.3 Å². The van der Waals surface area contributed by atoms with E-state index in [2.05, 4.69) is 9.71 Å². The second-order valence-electron chi connectivity index (χ2n) is 5.88. The Morgan fingerprint density at radius 1 is 1.55 bits per heavy atom. The summed E-state index contributed by atoms with van der Waals surface area (Å²) in [5.74, 6) is 0.213. The summed E-state index contributed by atoms with van der Waals surface area (Å²) in [6.45, 7) is 3.91. The maximum atomic E-state index is 12.4. The lowest BCUT2D eigenvalue weighted by Crippen LogP contribution is -2.35. The lowest BCUT2D eigenvalue weighted by molar-refractivity contribution is 0.0674. The molecule has 0 aromatic carbocycles. The zero-order valence-electron chi connectivity index (χ0n) is 12.5. The molecular weight excluding hydrogens is 326 g/mol. The normalized spacial score (nSPS) is 28.1. The van der Waals surface area contributed by atoms with E-state index >= 15 is 0 Å². The fourth-order valence-electron chi connectivity index (χ4n) is 3.06. The first-order chi connectivity index (χ1) is 10.3. The molecule has 1 amide bonds. The largest absolute Gasteiger partial charge is 0.376 e. The molecule has 1 aromatic heterocycles. The van der Waals surface area contributed by atoms with Crippen LogP contribution in [0.15, 0.2) is 5.38 Å². The monoisotopic (exact) mass is 345 g/mol. The molecule has 2 aliphatic heterocycles. The topological polar surface area (TPSA) is 88.6 Å². The summed E-state index contributed by atoms with van der Waals surface area (Å²) in [4.78, 5) is 18.4. The van der Waals surface area contributed by atoms with E-state index in [4.69, 9.17) is 4.74 Å². The first kappa shape index (κ1) is 15.9. The van der Waals surface area contributed by atoms with E-state index in [-0.39, 0.29) is 23.8 Å². The number of aromatic nitrogens is 1. The van der Waals surface area contributed by atoms with E-state index < -0.39 is 10.0 Å². The molecule has 22 heavy (non-hydrogen) atoms. The van der Waals surface area contributed by atoms with Crippen molar-refractivity contribution in [2.45, 2.75) is 13.0 Å². The Balaban J connectivity index is 1.63. The third-order valence-corrected chi connectivity index (χ3v) is 5.64. The van der Waals surface area contributed by atoms with Crippen LogP contribution < -0.4 is 4.72 Å². The number of carbonyl (C=O) groups is 1. The van der Waals surface area contributed by atoms with Gasteiger partial charge in [-0.15, -0.1) is 11.3 Å². The van der Waals surface area contributed by atoms with E-state index in [1.54, 1.807) is 10.3 Å². The Morgan fingerprint density at radius 3 is 2.95 bits per heavy atom. The predicted octanol–water partition coefficient (Wildman–Crippen LogP) is 0.0877. The van der Waals surface area contributed by atoms with Gasteiger partial charge in [-0.1, -0.05) is 0 Å². The number of likely N-dealkylation sites (tertiary alicyclic amines) is 1. The average molecular weight is 345 g/mol. The Labute approximate surface area is 133 Å². The van der Waals surface area contributed by atoms with Crippen molar-refractivity contribution in [2.75, 3.05) is 32.5 Å². The Bertz CT molecular complexity index is 673. The van der Waals surface area contributed by atoms with E-state index in [1.807, 2.05) is 6.92 Å². The number of hydrogen-bond acceptors (Lipinski definition) is 6. The van der Waals surface area contributed by atoms with Gasteiger partial charge < -0.3 is 9.64 Å². The van der Waals surface area contributed by atoms with Crippen molar-refractivity contribution < 1.29 is 17.9 Å². The number of thiazole rings is 1. The summed E-state index contributed by atoms with van der Waals surface area (Å²) < 4.78 is 30.7. The molecule has 9 heteroatoms. The maximum absolute atomic E-state index is 12.4. The number of sulfonamides is 1. The van der Waals surface area contributed by atoms with Crippen LogP contribution in [0.3, 0.4) is 0 Å². The molecule has 0 bridgehead atoms. The number of rotatable bonds is 4. The highest BCUT2D eigenvalue weighted by molar-refractivity contribution is 7.88. The Morgan fingerprint density at radius 2 is 2.32 bits per heavy atom. The first-order valence-corrected chi connectivity index (χ1v) is 9.88. The average Bonchev–Trinajstić information content (AvgIpc) is 3.09. The van der Waals surface area contributed by atoms with Crippen LogP contribution in [0.5, 0.6) is 0 Å². The molecule has 2 aliphatic rings. The summed E-state index contributed by atoms with van der Waals surface area (Å²) >= 11 is 1.46. The quantitative estimate of drug-likeness (QED) is 0.835. The van der Waals surface area contributed by atoms with Crippen LogP contribution in [0.4, 0.5) is 0 Å². The fourth-order valence-corrected chi connectivity index (χ4v) is 4.16. The second kappa shape index (κ2) is 5.88. The number of fused-ring (bicyclic) bond motifs is 1. The number of nitrogens with zero attached hydrogens (tertiary/aromatic N) is 2. The van der Waals surface area contributed by atoms with Crippen molar-refractivity contribution in [1.82, 2.24) is 14.6 Å². The molecule has 3 heterocycles. The summed E-state index contributed by atoms with van der Waals surface area (Å²) in [5.41, 5.74) is 0.480. The lowest BCUT2D eigenvalue weighted by atomic mass is 9.93. The van der Waals surface area contributed by atoms with Crippen LogP contribution in [0.25, 0.3) is 0 Å². The lowest BCUT2D eigenvalue weighted by Gasteiger charge is -2.19. The molecule has 2 saturated heterocycles. The first-order valence-electron chi connectivity index (χ1n) is 7.11. The van der Waals surface area contributed by atoms with E-state index in [9.17, 15) is 13.2 Å². The molecule has 0 spiro atoms. The molecule has 0 unspecified atom stereocenters. The van der Waals surface area contributed by atoms with Gasteiger partial charge in [0, 0.05) is 36.9 Å². The maximum Gasteiger partial charge on any atom is 0.273 e. The van der Waals surface area contributed by atoms with Gasteiger partial charge in [-0.2, -0.15) is 0 Å². The van der Waals surface area contributed by atoms with Gasteiger partial charge in [-0.3, -0.25) is 4.79 Å². The van der Waals surface area contributed by atoms with E-state index in [1.165, 1.54) is 11.3 Å². The van der Waals surface area contributed by atoms with Crippen molar-refractivity contribution in [1.29, 1.82) is 0 Å². The summed E-state index contributed by atoms with van der Waals surface area (Å²) in [5, 5.41) is 2.64. The molecule has 0 saturated carbocycles. The van der Waals surface area contributed by atoms with Crippen molar-refractivity contribution in [2.24, 2.45) is 11.8 Å². The van der Waals surface area contributed by atoms with Crippen LogP contribution in [0.2, 0.25) is 0 Å². The van der Waals surface area contributed by atoms with Gasteiger partial charge >= 0.3 is 0 Å². The highest BCUT2D eigenvalue weighted by atomic mass is 32.2. The van der Waals surface area contributed by atoms with Gasteiger partial charge in [0.05, 0.1) is 24.0 Å². The number of hydrogen-bond donors (Lipinski definition) is 1. The molecule has 1 aromatic rings. The van der Waals surface area contributed by atoms with Gasteiger partial charge in [0.25, 0.3) is 5.91 Å². The second-order valence-corrected chi connectivity index (χ2v) is 8.77. The van der Waals surface area contributed by atoms with Gasteiger partial charge in [-0.25, -0.2) is 18.1 Å². The molecule has 122 valence electrons. The van der Waals surface area contributed by atoms with Crippen molar-refractivity contribution in [3.8, 4) is 0 Å². The number of amides is 1. The molecule has 1 N–H and O–H groups in total. The van der Waals surface area contributed by atoms with E-state index in [0.29, 0.717) is 31.9 Å². The summed E-state index contributed by atoms with van der Waals surface area (Å²) in [7, 11) is -3.21. The van der Waals surface area contributed by atoms with Crippen LogP contribution in [0, 0.1) is 18.8 Å². The highest BCUT2D eigenvalue weighted by Gasteiger charge is 2.45. The molecule has 0 radical (unpaired) electrons. The fraction of sp³-hybridized carbons (Fsp3) is 0.692. The van der Waals surface area contributed by atoms with Crippen LogP contribution in [-0.2, 0) is 14.8 Å². The van der Waals surface area contributed by atoms with Crippen LogP contribution in [0.1, 0.15) is 15.5 Å². The minimum Gasteiger partial charge on any atom is -0.376 e. The van der Waals surface area contributed by atoms with Gasteiger partial charge in [0.1, 0.15) is 5.69 Å².